The first kappa shape index (κ1) is 19.1. The van der Waals surface area contributed by atoms with Gasteiger partial charge in [0.1, 0.15) is 10.8 Å². The molecule has 1 aliphatic heterocycles. The fourth-order valence-corrected chi connectivity index (χ4v) is 4.68. The van der Waals surface area contributed by atoms with Crippen molar-refractivity contribution in [1.29, 1.82) is 0 Å². The molecule has 150 valence electrons. The number of pyridine rings is 1. The summed E-state index contributed by atoms with van der Waals surface area (Å²) in [6.45, 7) is 2.20. The smallest absolute Gasteiger partial charge is 0.255 e. The van der Waals surface area contributed by atoms with Crippen LogP contribution in [0.3, 0.4) is 0 Å². The number of H-pyrrole nitrogens is 1. The molecule has 0 saturated carbocycles. The van der Waals surface area contributed by atoms with Crippen LogP contribution in [0.1, 0.15) is 16.1 Å². The number of rotatable bonds is 4. The fraction of sp³-hybridized carbons (Fsp3) is 0.182. The zero-order valence-corrected chi connectivity index (χ0v) is 17.6. The van der Waals surface area contributed by atoms with Crippen molar-refractivity contribution < 1.29 is 0 Å². The quantitative estimate of drug-likeness (QED) is 0.520. The lowest BCUT2D eigenvalue weighted by Gasteiger charge is -2.27. The summed E-state index contributed by atoms with van der Waals surface area (Å²) in [7, 11) is 0. The van der Waals surface area contributed by atoms with Gasteiger partial charge < -0.3 is 4.98 Å². The Kier molecular flexibility index (Phi) is 5.16. The monoisotopic (exact) mass is 435 g/mol. The summed E-state index contributed by atoms with van der Waals surface area (Å²) < 4.78 is 0. The summed E-state index contributed by atoms with van der Waals surface area (Å²) in [5.74, 6) is 0.602. The Morgan fingerprint density at radius 1 is 1.10 bits per heavy atom. The molecular weight excluding hydrogens is 418 g/mol. The molecule has 0 saturated heterocycles. The van der Waals surface area contributed by atoms with Crippen LogP contribution in [-0.4, -0.2) is 31.4 Å². The predicted molar refractivity (Wildman–Crippen MR) is 118 cm³/mol. The number of benzene rings is 1. The van der Waals surface area contributed by atoms with Gasteiger partial charge in [-0.2, -0.15) is 0 Å². The Morgan fingerprint density at radius 2 is 1.90 bits per heavy atom. The van der Waals surface area contributed by atoms with E-state index in [1.807, 2.05) is 42.6 Å². The largest absolute Gasteiger partial charge is 0.306 e. The summed E-state index contributed by atoms with van der Waals surface area (Å²) in [5.41, 5.74) is 3.49. The average Bonchev–Trinajstić information content (AvgIpc) is 3.23. The molecule has 0 bridgehead atoms. The van der Waals surface area contributed by atoms with Crippen molar-refractivity contribution in [2.75, 3.05) is 6.54 Å². The molecular formula is C22H18ClN5OS. The number of nitrogens with zero attached hydrogens (tertiary/aromatic N) is 4. The number of fused-ring (bicyclic) bond motifs is 1. The van der Waals surface area contributed by atoms with E-state index >= 15 is 0 Å². The molecule has 0 amide bonds. The van der Waals surface area contributed by atoms with Gasteiger partial charge in [0.2, 0.25) is 0 Å². The van der Waals surface area contributed by atoms with Crippen molar-refractivity contribution in [3.63, 3.8) is 0 Å². The molecule has 6 nitrogen and oxygen atoms in total. The molecule has 4 aromatic rings. The first-order chi connectivity index (χ1) is 14.7. The van der Waals surface area contributed by atoms with Crippen LogP contribution in [0.2, 0.25) is 5.02 Å². The van der Waals surface area contributed by atoms with Gasteiger partial charge in [0, 0.05) is 65.7 Å². The molecule has 5 rings (SSSR count). The van der Waals surface area contributed by atoms with Gasteiger partial charge in [-0.15, -0.1) is 11.3 Å². The van der Waals surface area contributed by atoms with Gasteiger partial charge in [-0.05, 0) is 24.3 Å². The third kappa shape index (κ3) is 3.92. The van der Waals surface area contributed by atoms with Crippen molar-refractivity contribution in [2.24, 2.45) is 0 Å². The number of thiazole rings is 1. The predicted octanol–water partition coefficient (Wildman–Crippen LogP) is 4.17. The van der Waals surface area contributed by atoms with E-state index in [0.717, 1.165) is 46.9 Å². The minimum atomic E-state index is -0.0670. The van der Waals surface area contributed by atoms with Crippen LogP contribution in [0.25, 0.3) is 22.0 Å². The normalized spacial score (nSPS) is 13.9. The van der Waals surface area contributed by atoms with Gasteiger partial charge in [0.15, 0.2) is 0 Å². The summed E-state index contributed by atoms with van der Waals surface area (Å²) in [6.07, 6.45) is 6.06. The molecule has 1 aliphatic rings. The van der Waals surface area contributed by atoms with E-state index in [0.29, 0.717) is 17.4 Å². The maximum atomic E-state index is 12.7. The number of hydrogen-bond donors (Lipinski definition) is 1. The lowest BCUT2D eigenvalue weighted by Crippen LogP contribution is -2.35. The molecule has 0 radical (unpaired) electrons. The highest BCUT2D eigenvalue weighted by atomic mass is 35.5. The van der Waals surface area contributed by atoms with Gasteiger partial charge in [0.05, 0.1) is 11.3 Å². The first-order valence-electron chi connectivity index (χ1n) is 9.61. The third-order valence-electron chi connectivity index (χ3n) is 5.13. The summed E-state index contributed by atoms with van der Waals surface area (Å²) in [4.78, 5) is 32.4. The highest BCUT2D eigenvalue weighted by Crippen LogP contribution is 2.28. The zero-order valence-electron chi connectivity index (χ0n) is 16.0. The van der Waals surface area contributed by atoms with Crippen molar-refractivity contribution in [2.45, 2.75) is 19.5 Å². The Labute approximate surface area is 182 Å². The highest BCUT2D eigenvalue weighted by molar-refractivity contribution is 7.15. The van der Waals surface area contributed by atoms with Crippen molar-refractivity contribution in [3.05, 3.63) is 86.5 Å². The van der Waals surface area contributed by atoms with Crippen LogP contribution in [0.15, 0.2) is 59.8 Å². The Hall–Kier alpha value is -2.87. The SMILES string of the molecule is O=c1[nH]c(-c2ccncc2)nc2c1CN(Cc1cnc(-c3ccc(Cl)cc3)s1)CC2. The van der Waals surface area contributed by atoms with Crippen LogP contribution in [0, 0.1) is 0 Å². The van der Waals surface area contributed by atoms with Crippen LogP contribution in [-0.2, 0) is 19.5 Å². The average molecular weight is 436 g/mol. The second-order valence-electron chi connectivity index (χ2n) is 7.17. The molecule has 0 aliphatic carbocycles. The van der Waals surface area contributed by atoms with E-state index in [1.165, 1.54) is 4.88 Å². The van der Waals surface area contributed by atoms with E-state index in [9.17, 15) is 4.79 Å². The second-order valence-corrected chi connectivity index (χ2v) is 8.73. The van der Waals surface area contributed by atoms with Crippen LogP contribution in [0.5, 0.6) is 0 Å². The summed E-state index contributed by atoms with van der Waals surface area (Å²) in [6, 6.07) is 11.4. The Morgan fingerprint density at radius 3 is 2.70 bits per heavy atom. The minimum absolute atomic E-state index is 0.0670. The summed E-state index contributed by atoms with van der Waals surface area (Å²) >= 11 is 7.64. The topological polar surface area (TPSA) is 74.8 Å². The number of aromatic nitrogens is 4. The first-order valence-corrected chi connectivity index (χ1v) is 10.8. The van der Waals surface area contributed by atoms with E-state index in [2.05, 4.69) is 19.9 Å². The Balaban J connectivity index is 1.33. The van der Waals surface area contributed by atoms with Gasteiger partial charge in [0.25, 0.3) is 5.56 Å². The highest BCUT2D eigenvalue weighted by Gasteiger charge is 2.22. The molecule has 0 unspecified atom stereocenters. The van der Waals surface area contributed by atoms with E-state index < -0.39 is 0 Å². The van der Waals surface area contributed by atoms with Gasteiger partial charge in [-0.1, -0.05) is 23.7 Å². The van der Waals surface area contributed by atoms with Crippen molar-refractivity contribution >= 4 is 22.9 Å². The molecule has 1 N–H and O–H groups in total. The molecule has 3 aromatic heterocycles. The molecule has 0 fully saturated rings. The lowest BCUT2D eigenvalue weighted by atomic mass is 10.1. The molecule has 30 heavy (non-hydrogen) atoms. The number of halogens is 1. The van der Waals surface area contributed by atoms with E-state index in [4.69, 9.17) is 16.6 Å². The fourth-order valence-electron chi connectivity index (χ4n) is 3.59. The molecule has 8 heteroatoms. The number of hydrogen-bond acceptors (Lipinski definition) is 6. The maximum absolute atomic E-state index is 12.7. The molecule has 0 spiro atoms. The molecule has 4 heterocycles. The van der Waals surface area contributed by atoms with E-state index in [1.54, 1.807) is 23.7 Å². The molecule has 0 atom stereocenters. The van der Waals surface area contributed by atoms with Crippen LogP contribution in [0.4, 0.5) is 0 Å². The minimum Gasteiger partial charge on any atom is -0.306 e. The van der Waals surface area contributed by atoms with Gasteiger partial charge in [-0.25, -0.2) is 9.97 Å². The van der Waals surface area contributed by atoms with Crippen LogP contribution >= 0.6 is 22.9 Å². The maximum Gasteiger partial charge on any atom is 0.255 e. The molecule has 1 aromatic carbocycles. The van der Waals surface area contributed by atoms with E-state index in [-0.39, 0.29) is 5.56 Å². The number of aromatic amines is 1. The van der Waals surface area contributed by atoms with Crippen molar-refractivity contribution in [1.82, 2.24) is 24.8 Å². The van der Waals surface area contributed by atoms with Crippen molar-refractivity contribution in [3.8, 4) is 22.0 Å². The van der Waals surface area contributed by atoms with Crippen LogP contribution < -0.4 is 5.56 Å². The van der Waals surface area contributed by atoms with Gasteiger partial charge in [-0.3, -0.25) is 14.7 Å². The third-order valence-corrected chi connectivity index (χ3v) is 6.41. The number of nitrogens with one attached hydrogen (secondary N) is 1. The standard InChI is InChI=1S/C22H18ClN5OS/c23-16-3-1-15(2-4-16)22-25-11-17(30-22)12-28-10-7-19-18(13-28)21(29)27-20(26-19)14-5-8-24-9-6-14/h1-6,8-9,11H,7,10,12-13H2,(H,26,27,29). The Bertz CT molecular complexity index is 1240. The lowest BCUT2D eigenvalue weighted by molar-refractivity contribution is 0.244. The van der Waals surface area contributed by atoms with Gasteiger partial charge >= 0.3 is 0 Å². The summed E-state index contributed by atoms with van der Waals surface area (Å²) in [5, 5.41) is 1.69. The zero-order chi connectivity index (χ0) is 20.5. The second kappa shape index (κ2) is 8.10.